The van der Waals surface area contributed by atoms with Crippen LogP contribution in [0.5, 0.6) is 5.75 Å². The molecule has 0 bridgehead atoms. The van der Waals surface area contributed by atoms with Crippen molar-refractivity contribution in [3.63, 3.8) is 0 Å². The van der Waals surface area contributed by atoms with Crippen molar-refractivity contribution in [1.82, 2.24) is 5.32 Å². The molecule has 0 unspecified atom stereocenters. The molecule has 1 aromatic carbocycles. The second-order valence-electron chi connectivity index (χ2n) is 4.73. The zero-order chi connectivity index (χ0) is 16.5. The van der Waals surface area contributed by atoms with Crippen LogP contribution in [0.1, 0.15) is 25.8 Å². The van der Waals surface area contributed by atoms with Gasteiger partial charge in [0.2, 0.25) is 0 Å². The van der Waals surface area contributed by atoms with E-state index in [2.05, 4.69) is 27.8 Å². The summed E-state index contributed by atoms with van der Waals surface area (Å²) in [5, 5.41) is 12.0. The maximum absolute atomic E-state index is 12.1. The Labute approximate surface area is 139 Å². The lowest BCUT2D eigenvalue weighted by molar-refractivity contribution is -0.117. The van der Waals surface area contributed by atoms with Gasteiger partial charge in [0.15, 0.2) is 0 Å². The molecule has 116 valence electrons. The summed E-state index contributed by atoms with van der Waals surface area (Å²) in [5.41, 5.74) is 0.703. The van der Waals surface area contributed by atoms with Crippen molar-refractivity contribution < 1.29 is 9.53 Å². The summed E-state index contributed by atoms with van der Waals surface area (Å²) >= 11 is 3.38. The van der Waals surface area contributed by atoms with Gasteiger partial charge < -0.3 is 10.1 Å². The molecule has 5 heteroatoms. The highest BCUT2D eigenvalue weighted by molar-refractivity contribution is 9.10. The molecule has 0 aliphatic heterocycles. The highest BCUT2D eigenvalue weighted by atomic mass is 79.9. The molecule has 0 heterocycles. The van der Waals surface area contributed by atoms with E-state index >= 15 is 0 Å². The fourth-order valence-corrected chi connectivity index (χ4v) is 2.00. The van der Waals surface area contributed by atoms with Crippen LogP contribution in [0.15, 0.2) is 40.9 Å². The van der Waals surface area contributed by atoms with Crippen LogP contribution in [0, 0.1) is 11.3 Å². The van der Waals surface area contributed by atoms with E-state index in [4.69, 9.17) is 4.74 Å². The third-order valence-corrected chi connectivity index (χ3v) is 3.48. The van der Waals surface area contributed by atoms with E-state index in [1.807, 2.05) is 26.0 Å². The van der Waals surface area contributed by atoms with Gasteiger partial charge in [-0.05, 0) is 37.6 Å². The van der Waals surface area contributed by atoms with Crippen LogP contribution in [-0.2, 0) is 4.79 Å². The van der Waals surface area contributed by atoms with Gasteiger partial charge in [-0.2, -0.15) is 5.26 Å². The van der Waals surface area contributed by atoms with Crippen LogP contribution in [0.3, 0.4) is 0 Å². The molecule has 0 fully saturated rings. The van der Waals surface area contributed by atoms with Crippen LogP contribution in [-0.4, -0.2) is 18.6 Å². The fourth-order valence-electron chi connectivity index (χ4n) is 1.62. The Balaban J connectivity index is 3.11. The van der Waals surface area contributed by atoms with Crippen LogP contribution < -0.4 is 10.1 Å². The number of carbonyl (C=O) groups excluding carboxylic acids is 1. The van der Waals surface area contributed by atoms with Crippen LogP contribution >= 0.6 is 15.9 Å². The van der Waals surface area contributed by atoms with Crippen molar-refractivity contribution in [2.45, 2.75) is 26.3 Å². The first-order valence-electron chi connectivity index (χ1n) is 6.97. The number of nitrogens with one attached hydrogen (secondary N) is 1. The quantitative estimate of drug-likeness (QED) is 0.455. The van der Waals surface area contributed by atoms with Gasteiger partial charge in [0, 0.05) is 16.1 Å². The third kappa shape index (κ3) is 5.38. The zero-order valence-electron chi connectivity index (χ0n) is 12.7. The SMILES string of the molecule is C=CCOc1ccc(Br)cc1/C=C(\C#N)C(=O)N[C@H](C)CC. The maximum Gasteiger partial charge on any atom is 0.262 e. The molecule has 0 spiro atoms. The van der Waals surface area contributed by atoms with Crippen molar-refractivity contribution in [1.29, 1.82) is 5.26 Å². The normalized spacial score (nSPS) is 12.2. The number of hydrogen-bond acceptors (Lipinski definition) is 3. The molecule has 0 aromatic heterocycles. The second kappa shape index (κ2) is 9.06. The topological polar surface area (TPSA) is 62.1 Å². The second-order valence-corrected chi connectivity index (χ2v) is 5.65. The molecule has 0 radical (unpaired) electrons. The first-order chi connectivity index (χ1) is 10.5. The minimum atomic E-state index is -0.383. The number of hydrogen-bond donors (Lipinski definition) is 1. The van der Waals surface area contributed by atoms with E-state index in [0.717, 1.165) is 10.9 Å². The highest BCUT2D eigenvalue weighted by Crippen LogP contribution is 2.25. The molecule has 0 saturated heterocycles. The molecule has 1 atom stereocenters. The Morgan fingerprint density at radius 2 is 2.32 bits per heavy atom. The van der Waals surface area contributed by atoms with E-state index in [0.29, 0.717) is 17.9 Å². The smallest absolute Gasteiger partial charge is 0.262 e. The van der Waals surface area contributed by atoms with Crippen molar-refractivity contribution in [3.8, 4) is 11.8 Å². The molecular formula is C17H19BrN2O2. The monoisotopic (exact) mass is 362 g/mol. The molecule has 1 rings (SSSR count). The Bertz CT molecular complexity index is 618. The predicted octanol–water partition coefficient (Wildman–Crippen LogP) is 3.84. The molecule has 1 amide bonds. The van der Waals surface area contributed by atoms with Crippen molar-refractivity contribution in [2.24, 2.45) is 0 Å². The van der Waals surface area contributed by atoms with E-state index < -0.39 is 0 Å². The number of carbonyl (C=O) groups is 1. The summed E-state index contributed by atoms with van der Waals surface area (Å²) in [6.45, 7) is 7.82. The predicted molar refractivity (Wildman–Crippen MR) is 91.3 cm³/mol. The van der Waals surface area contributed by atoms with Gasteiger partial charge in [0.25, 0.3) is 5.91 Å². The molecule has 0 aliphatic rings. The molecule has 1 N–H and O–H groups in total. The number of halogens is 1. The summed E-state index contributed by atoms with van der Waals surface area (Å²) in [6.07, 6.45) is 3.96. The van der Waals surface area contributed by atoms with E-state index in [9.17, 15) is 10.1 Å². The van der Waals surface area contributed by atoms with Gasteiger partial charge in [0.1, 0.15) is 24.0 Å². The lowest BCUT2D eigenvalue weighted by Crippen LogP contribution is -2.32. The lowest BCUT2D eigenvalue weighted by atomic mass is 10.1. The molecule has 0 aliphatic carbocycles. The van der Waals surface area contributed by atoms with Crippen LogP contribution in [0.2, 0.25) is 0 Å². The minimum Gasteiger partial charge on any atom is -0.489 e. The molecular weight excluding hydrogens is 344 g/mol. The summed E-state index contributed by atoms with van der Waals surface area (Å²) in [6, 6.07) is 7.37. The van der Waals surface area contributed by atoms with Crippen molar-refractivity contribution in [2.75, 3.05) is 6.61 Å². The summed E-state index contributed by atoms with van der Waals surface area (Å²) in [5.74, 6) is 0.207. The Morgan fingerprint density at radius 3 is 2.91 bits per heavy atom. The van der Waals surface area contributed by atoms with Gasteiger partial charge in [-0.15, -0.1) is 0 Å². The number of ether oxygens (including phenoxy) is 1. The zero-order valence-corrected chi connectivity index (χ0v) is 14.3. The largest absolute Gasteiger partial charge is 0.489 e. The first kappa shape index (κ1) is 18.0. The molecule has 0 saturated carbocycles. The summed E-state index contributed by atoms with van der Waals surface area (Å²) in [4.78, 5) is 12.1. The number of nitrogens with zero attached hydrogens (tertiary/aromatic N) is 1. The average molecular weight is 363 g/mol. The van der Waals surface area contributed by atoms with Crippen LogP contribution in [0.25, 0.3) is 6.08 Å². The molecule has 22 heavy (non-hydrogen) atoms. The van der Waals surface area contributed by atoms with Gasteiger partial charge >= 0.3 is 0 Å². The standard InChI is InChI=1S/C17H19BrN2O2/c1-4-8-22-16-7-6-15(18)10-13(16)9-14(11-19)17(21)20-12(3)5-2/h4,6-7,9-10,12H,1,5,8H2,2-3H3,(H,20,21)/b14-9+/t12-/m1/s1. The van der Waals surface area contributed by atoms with E-state index in [-0.39, 0.29) is 17.5 Å². The number of rotatable bonds is 7. The van der Waals surface area contributed by atoms with Gasteiger partial charge in [-0.3, -0.25) is 4.79 Å². The fraction of sp³-hybridized carbons (Fsp3) is 0.294. The first-order valence-corrected chi connectivity index (χ1v) is 7.77. The van der Waals surface area contributed by atoms with Gasteiger partial charge in [-0.25, -0.2) is 0 Å². The highest BCUT2D eigenvalue weighted by Gasteiger charge is 2.13. The Morgan fingerprint density at radius 1 is 1.59 bits per heavy atom. The van der Waals surface area contributed by atoms with Crippen molar-refractivity contribution >= 4 is 27.9 Å². The summed E-state index contributed by atoms with van der Waals surface area (Å²) < 4.78 is 6.38. The maximum atomic E-state index is 12.1. The van der Waals surface area contributed by atoms with Gasteiger partial charge in [-0.1, -0.05) is 35.5 Å². The molecule has 1 aromatic rings. The number of amides is 1. The van der Waals surface area contributed by atoms with E-state index in [1.54, 1.807) is 18.2 Å². The van der Waals surface area contributed by atoms with E-state index in [1.165, 1.54) is 6.08 Å². The van der Waals surface area contributed by atoms with Crippen LogP contribution in [0.4, 0.5) is 0 Å². The third-order valence-electron chi connectivity index (χ3n) is 2.98. The number of benzene rings is 1. The average Bonchev–Trinajstić information content (AvgIpc) is 2.51. The van der Waals surface area contributed by atoms with Gasteiger partial charge in [0.05, 0.1) is 0 Å². The summed E-state index contributed by atoms with van der Waals surface area (Å²) in [7, 11) is 0. The van der Waals surface area contributed by atoms with Crippen molar-refractivity contribution in [3.05, 3.63) is 46.5 Å². The Kier molecular flexibility index (Phi) is 7.41. The number of nitriles is 1. The minimum absolute atomic E-state index is 0.0169. The lowest BCUT2D eigenvalue weighted by Gasteiger charge is -2.11. The molecule has 4 nitrogen and oxygen atoms in total. The Hall–Kier alpha value is -2.06.